The molecular weight excluding hydrogens is 774 g/mol. The predicted molar refractivity (Wildman–Crippen MR) is 203 cm³/mol. The molecule has 6 aromatic rings. The molecule has 0 aromatic heterocycles. The number of hydrogen-bond acceptors (Lipinski definition) is 0. The molecule has 0 aliphatic carbocycles. The van der Waals surface area contributed by atoms with E-state index in [2.05, 4.69) is 208 Å². The molecule has 0 saturated heterocycles. The van der Waals surface area contributed by atoms with Crippen LogP contribution in [0.5, 0.6) is 0 Å². The second kappa shape index (κ2) is 19.0. The van der Waals surface area contributed by atoms with Gasteiger partial charge in [0.15, 0.2) is 0 Å². The minimum absolute atomic E-state index is 0.150. The van der Waals surface area contributed by atoms with E-state index < -0.39 is 39.5 Å². The van der Waals surface area contributed by atoms with Gasteiger partial charge in [-0.3, -0.25) is 0 Å². The molecule has 4 radical (unpaired) electrons. The van der Waals surface area contributed by atoms with Crippen molar-refractivity contribution < 1.29 is 0 Å². The Morgan fingerprint density at radius 2 is 0.386 bits per heavy atom. The summed E-state index contributed by atoms with van der Waals surface area (Å²) >= 11 is -3.96. The van der Waals surface area contributed by atoms with E-state index in [0.717, 1.165) is 0 Å². The van der Waals surface area contributed by atoms with Crippen LogP contribution >= 0.6 is 0 Å². The average molecular weight is 816 g/mol. The summed E-state index contributed by atoms with van der Waals surface area (Å²) < 4.78 is 9.18. The van der Waals surface area contributed by atoms with Crippen molar-refractivity contribution in [3.63, 3.8) is 0 Å². The van der Waals surface area contributed by atoms with Gasteiger partial charge in [-0.15, -0.1) is 0 Å². The Labute approximate surface area is 283 Å². The van der Waals surface area contributed by atoms with Gasteiger partial charge in [-0.05, 0) is 0 Å². The Morgan fingerprint density at radius 3 is 0.500 bits per heavy atom. The molecule has 0 fully saturated rings. The van der Waals surface area contributed by atoms with E-state index in [1.165, 1.54) is 21.5 Å². The van der Waals surface area contributed by atoms with Crippen LogP contribution in [-0.2, 0) is 0 Å². The van der Waals surface area contributed by atoms with Crippen LogP contribution in [0.4, 0.5) is 0 Å². The maximum atomic E-state index is 2.39. The summed E-state index contributed by atoms with van der Waals surface area (Å²) in [6.45, 7) is 9.55. The first kappa shape index (κ1) is 34.2. The summed E-state index contributed by atoms with van der Waals surface area (Å²) in [5.74, 6) is 0. The van der Waals surface area contributed by atoms with Gasteiger partial charge >= 0.3 is 243 Å². The van der Waals surface area contributed by atoms with Crippen molar-refractivity contribution in [1.29, 1.82) is 0 Å². The van der Waals surface area contributed by atoms with E-state index in [9.17, 15) is 0 Å². The molecule has 0 aliphatic heterocycles. The van der Waals surface area contributed by atoms with Crippen LogP contribution in [0.3, 0.4) is 0 Å². The fourth-order valence-electron chi connectivity index (χ4n) is 4.63. The van der Waals surface area contributed by atoms with Gasteiger partial charge in [-0.2, -0.15) is 0 Å². The van der Waals surface area contributed by atoms with E-state index >= 15 is 0 Å². The molecule has 6 aromatic carbocycles. The first-order chi connectivity index (χ1) is 21.5. The summed E-state index contributed by atoms with van der Waals surface area (Å²) in [5, 5.41) is 0. The Bertz CT molecular complexity index is 1270. The molecule has 0 saturated carbocycles. The van der Waals surface area contributed by atoms with Crippen LogP contribution in [0.25, 0.3) is 0 Å². The van der Waals surface area contributed by atoms with Crippen LogP contribution in [-0.4, -0.2) is 56.1 Å². The van der Waals surface area contributed by atoms with Gasteiger partial charge in [-0.25, -0.2) is 0 Å². The summed E-state index contributed by atoms with van der Waals surface area (Å²) in [6, 6.07) is 65.9. The van der Waals surface area contributed by atoms with Crippen LogP contribution in [0.2, 0.25) is 26.2 Å². The Hall–Kier alpha value is -2.65. The van der Waals surface area contributed by atoms with Gasteiger partial charge in [0, 0.05) is 16.6 Å². The van der Waals surface area contributed by atoms with Crippen molar-refractivity contribution in [2.75, 3.05) is 0 Å². The zero-order valence-electron chi connectivity index (χ0n) is 26.3. The summed E-state index contributed by atoms with van der Waals surface area (Å²) in [6.07, 6.45) is 0. The standard InChI is InChI=1S/6C6H5.C4H12Si2.2Sn/c6*1-2-4-6-5-3-1;1-5(2)6(3)4;;/h6*1-5H;1-4H3;;. The Balaban J connectivity index is 0.000000170. The summed E-state index contributed by atoms with van der Waals surface area (Å²) in [4.78, 5) is 0. The molecule has 0 atom stereocenters. The second-order valence-electron chi connectivity index (χ2n) is 10.9. The quantitative estimate of drug-likeness (QED) is 0.174. The molecule has 218 valence electrons. The van der Waals surface area contributed by atoms with Gasteiger partial charge in [0.2, 0.25) is 0 Å². The van der Waals surface area contributed by atoms with Crippen LogP contribution < -0.4 is 21.5 Å². The zero-order valence-corrected chi connectivity index (χ0v) is 34.0. The molecule has 0 bridgehead atoms. The topological polar surface area (TPSA) is 0 Å². The van der Waals surface area contributed by atoms with E-state index in [0.29, 0.717) is 0 Å². The van der Waals surface area contributed by atoms with Gasteiger partial charge in [-0.1, -0.05) is 26.2 Å². The van der Waals surface area contributed by atoms with Crippen LogP contribution in [0.15, 0.2) is 182 Å². The maximum absolute atomic E-state index is 2.39. The molecule has 0 amide bonds. The van der Waals surface area contributed by atoms with Crippen molar-refractivity contribution in [3.05, 3.63) is 182 Å². The molecule has 0 aliphatic rings. The second-order valence-corrected chi connectivity index (χ2v) is 35.1. The summed E-state index contributed by atoms with van der Waals surface area (Å²) in [5.41, 5.74) is 0. The first-order valence-corrected chi connectivity index (χ1v) is 29.8. The van der Waals surface area contributed by atoms with E-state index in [-0.39, 0.29) is 16.6 Å². The molecule has 0 nitrogen and oxygen atoms in total. The zero-order chi connectivity index (χ0) is 31.0. The third-order valence-corrected chi connectivity index (χ3v) is 31.0. The number of benzene rings is 6. The predicted octanol–water partition coefficient (Wildman–Crippen LogP) is 5.98. The van der Waals surface area contributed by atoms with Crippen molar-refractivity contribution in [2.45, 2.75) is 26.2 Å². The SMILES string of the molecule is C[Si](C)[Si](C)C.c1cc[c]([Sn]([c]2ccccc2)[c]2ccccc2)cc1.c1cc[c]([Sn]([c]2ccccc2)[c]2ccccc2)cc1. The molecule has 0 N–H and O–H groups in total. The average Bonchev–Trinajstić information content (AvgIpc) is 3.09. The molecule has 44 heavy (non-hydrogen) atoms. The Kier molecular flexibility index (Phi) is 14.8. The molecule has 0 spiro atoms. The normalized spacial score (nSPS) is 10.6. The number of rotatable bonds is 7. The molecule has 0 heterocycles. The van der Waals surface area contributed by atoms with Crippen molar-refractivity contribution in [1.82, 2.24) is 0 Å². The minimum atomic E-state index is -1.98. The molecule has 6 rings (SSSR count). The number of hydrogen-bond donors (Lipinski definition) is 0. The third kappa shape index (κ3) is 10.8. The van der Waals surface area contributed by atoms with Gasteiger partial charge in [0.25, 0.3) is 0 Å². The first-order valence-electron chi connectivity index (χ1n) is 15.2. The summed E-state index contributed by atoms with van der Waals surface area (Å²) in [7, 11) is 0.300. The van der Waals surface area contributed by atoms with E-state index in [1.807, 2.05) is 0 Å². The molecular formula is C40H42Si2Sn2. The van der Waals surface area contributed by atoms with Gasteiger partial charge < -0.3 is 0 Å². The van der Waals surface area contributed by atoms with Crippen molar-refractivity contribution in [3.8, 4) is 0 Å². The van der Waals surface area contributed by atoms with Crippen LogP contribution in [0, 0.1) is 0 Å². The molecule has 0 unspecified atom stereocenters. The van der Waals surface area contributed by atoms with Crippen molar-refractivity contribution >= 4 is 77.6 Å². The fourth-order valence-corrected chi connectivity index (χ4v) is 19.3. The van der Waals surface area contributed by atoms with Crippen molar-refractivity contribution in [2.24, 2.45) is 0 Å². The van der Waals surface area contributed by atoms with Gasteiger partial charge in [0.05, 0.1) is 0 Å². The Morgan fingerprint density at radius 1 is 0.250 bits per heavy atom. The van der Waals surface area contributed by atoms with Crippen LogP contribution in [0.1, 0.15) is 0 Å². The third-order valence-electron chi connectivity index (χ3n) is 7.37. The van der Waals surface area contributed by atoms with E-state index in [1.54, 1.807) is 0 Å². The monoisotopic (exact) mass is 818 g/mol. The molecule has 4 heteroatoms. The van der Waals surface area contributed by atoms with Gasteiger partial charge in [0.1, 0.15) is 0 Å². The van der Waals surface area contributed by atoms with E-state index in [4.69, 9.17) is 0 Å². The fraction of sp³-hybridized carbons (Fsp3) is 0.100.